The number of imide groups is 1. The molecule has 0 aromatic carbocycles. The maximum Gasteiger partial charge on any atom is 0.263 e. The average molecular weight is 406 g/mol. The molecule has 1 unspecified atom stereocenters. The van der Waals surface area contributed by atoms with Gasteiger partial charge in [-0.1, -0.05) is 16.8 Å². The summed E-state index contributed by atoms with van der Waals surface area (Å²) < 4.78 is 15.3. The summed E-state index contributed by atoms with van der Waals surface area (Å²) in [5.74, 6) is -2.26. The van der Waals surface area contributed by atoms with Gasteiger partial charge in [0.1, 0.15) is 17.9 Å². The van der Waals surface area contributed by atoms with E-state index in [1.807, 2.05) is 0 Å². The molecule has 0 radical (unpaired) electrons. The molecule has 1 atom stereocenters. The maximum absolute atomic E-state index is 15.3. The van der Waals surface area contributed by atoms with Crippen molar-refractivity contribution in [2.24, 2.45) is 5.16 Å². The van der Waals surface area contributed by atoms with Gasteiger partial charge in [0.25, 0.3) is 17.6 Å². The second-order valence-corrected chi connectivity index (χ2v) is 7.22. The Morgan fingerprint density at radius 1 is 1.32 bits per heavy atom. The smallest absolute Gasteiger partial charge is 0.263 e. The minimum atomic E-state index is -2.07. The van der Waals surface area contributed by atoms with Crippen LogP contribution in [0.5, 0.6) is 0 Å². The highest BCUT2D eigenvalue weighted by molar-refractivity contribution is 6.47. The first-order valence-corrected chi connectivity index (χ1v) is 9.20. The molecule has 1 heterocycles. The van der Waals surface area contributed by atoms with E-state index in [0.29, 0.717) is 24.0 Å². The van der Waals surface area contributed by atoms with Gasteiger partial charge in [0, 0.05) is 11.1 Å². The maximum atomic E-state index is 15.3. The minimum Gasteiger partial charge on any atom is -0.393 e. The number of nitriles is 1. The first-order valence-electron chi connectivity index (χ1n) is 8.82. The third-order valence-electron chi connectivity index (χ3n) is 4.61. The van der Waals surface area contributed by atoms with E-state index in [0.717, 1.165) is 23.8 Å². The van der Waals surface area contributed by atoms with E-state index in [-0.39, 0.29) is 10.6 Å². The molecule has 0 aromatic heterocycles. The number of ketones is 1. The molecule has 0 saturated carbocycles. The fourth-order valence-electron chi connectivity index (χ4n) is 3.30. The SMILES string of the molecule is CC(C)ON=C1C(Cl)=C(C(=O)C#N)C=C(N2C(=O)C3=C(CCCC3)C2=O)C1F. The van der Waals surface area contributed by atoms with Crippen molar-refractivity contribution in [1.82, 2.24) is 4.90 Å². The predicted molar refractivity (Wildman–Crippen MR) is 97.5 cm³/mol. The second kappa shape index (κ2) is 7.68. The Balaban J connectivity index is 2.09. The van der Waals surface area contributed by atoms with Gasteiger partial charge >= 0.3 is 0 Å². The largest absolute Gasteiger partial charge is 0.393 e. The quantitative estimate of drug-likeness (QED) is 0.406. The summed E-state index contributed by atoms with van der Waals surface area (Å²) in [7, 11) is 0. The molecule has 3 rings (SSSR count). The molecule has 7 nitrogen and oxygen atoms in total. The number of allylic oxidation sites excluding steroid dienone is 4. The van der Waals surface area contributed by atoms with Crippen LogP contribution in [0.25, 0.3) is 0 Å². The lowest BCUT2D eigenvalue weighted by Crippen LogP contribution is -2.40. The number of nitrogens with zero attached hydrogens (tertiary/aromatic N) is 3. The molecule has 1 aliphatic heterocycles. The van der Waals surface area contributed by atoms with Crippen molar-refractivity contribution >= 4 is 34.9 Å². The summed E-state index contributed by atoms with van der Waals surface area (Å²) in [5.41, 5.74) is -0.453. The van der Waals surface area contributed by atoms with E-state index in [4.69, 9.17) is 21.7 Å². The molecule has 0 aromatic rings. The highest BCUT2D eigenvalue weighted by atomic mass is 35.5. The van der Waals surface area contributed by atoms with E-state index >= 15 is 4.39 Å². The molecule has 2 amide bonds. The van der Waals surface area contributed by atoms with Crippen molar-refractivity contribution in [2.75, 3.05) is 0 Å². The van der Waals surface area contributed by atoms with Crippen LogP contribution in [0.4, 0.5) is 4.39 Å². The predicted octanol–water partition coefficient (Wildman–Crippen LogP) is 2.83. The standard InChI is InChI=1S/C19H17ClFN3O4/c1-9(2)28-23-17-15(20)12(14(25)8-22)7-13(16(17)21)24-18(26)10-5-3-4-6-11(10)19(24)27/h7,9,16H,3-6H2,1-2H3. The number of rotatable bonds is 4. The Morgan fingerprint density at radius 3 is 2.39 bits per heavy atom. The molecule has 0 bridgehead atoms. The Bertz CT molecular complexity index is 911. The Hall–Kier alpha value is -2.79. The summed E-state index contributed by atoms with van der Waals surface area (Å²) in [5, 5.41) is 12.2. The van der Waals surface area contributed by atoms with E-state index in [2.05, 4.69) is 5.16 Å². The Morgan fingerprint density at radius 2 is 1.89 bits per heavy atom. The number of oxime groups is 1. The molecular weight excluding hydrogens is 389 g/mol. The van der Waals surface area contributed by atoms with Crippen LogP contribution in [0.3, 0.4) is 0 Å². The highest BCUT2D eigenvalue weighted by Crippen LogP contribution is 2.38. The van der Waals surface area contributed by atoms with Crippen molar-refractivity contribution in [1.29, 1.82) is 5.26 Å². The number of hydrogen-bond acceptors (Lipinski definition) is 6. The van der Waals surface area contributed by atoms with Crippen LogP contribution in [0.2, 0.25) is 0 Å². The van der Waals surface area contributed by atoms with Gasteiger partial charge in [-0.25, -0.2) is 9.29 Å². The zero-order valence-electron chi connectivity index (χ0n) is 15.3. The van der Waals surface area contributed by atoms with Crippen LogP contribution < -0.4 is 0 Å². The molecule has 9 heteroatoms. The lowest BCUT2D eigenvalue weighted by atomic mass is 9.93. The van der Waals surface area contributed by atoms with E-state index in [1.165, 1.54) is 6.07 Å². The van der Waals surface area contributed by atoms with Gasteiger partial charge in [-0.05, 0) is 45.6 Å². The van der Waals surface area contributed by atoms with E-state index in [1.54, 1.807) is 13.8 Å². The van der Waals surface area contributed by atoms with Crippen molar-refractivity contribution in [2.45, 2.75) is 51.8 Å². The minimum absolute atomic E-state index is 0.343. The summed E-state index contributed by atoms with van der Waals surface area (Å²) >= 11 is 6.08. The molecule has 0 spiro atoms. The first kappa shape index (κ1) is 20.0. The topological polar surface area (TPSA) is 99.8 Å². The molecule has 146 valence electrons. The first-order chi connectivity index (χ1) is 13.3. The van der Waals surface area contributed by atoms with Crippen molar-refractivity contribution < 1.29 is 23.6 Å². The van der Waals surface area contributed by atoms with Gasteiger partial charge in [-0.15, -0.1) is 0 Å². The van der Waals surface area contributed by atoms with Gasteiger partial charge in [-0.2, -0.15) is 5.26 Å². The number of halogens is 2. The van der Waals surface area contributed by atoms with Gasteiger partial charge in [-0.3, -0.25) is 14.4 Å². The van der Waals surface area contributed by atoms with E-state index in [9.17, 15) is 14.4 Å². The average Bonchev–Trinajstić information content (AvgIpc) is 2.92. The van der Waals surface area contributed by atoms with Crippen LogP contribution in [0.15, 0.2) is 38.7 Å². The lowest BCUT2D eigenvalue weighted by molar-refractivity contribution is -0.135. The molecule has 0 saturated heterocycles. The highest BCUT2D eigenvalue weighted by Gasteiger charge is 2.45. The Kier molecular flexibility index (Phi) is 5.47. The fraction of sp³-hybridized carbons (Fsp3) is 0.421. The number of amides is 2. The van der Waals surface area contributed by atoms with Crippen molar-refractivity contribution in [3.63, 3.8) is 0 Å². The molecule has 3 aliphatic rings. The van der Waals surface area contributed by atoms with Gasteiger partial charge < -0.3 is 4.84 Å². The van der Waals surface area contributed by atoms with Crippen LogP contribution >= 0.6 is 11.6 Å². The zero-order chi connectivity index (χ0) is 20.6. The normalized spacial score (nSPS) is 24.0. The number of alkyl halides is 1. The second-order valence-electron chi connectivity index (χ2n) is 6.84. The molecule has 28 heavy (non-hydrogen) atoms. The monoisotopic (exact) mass is 405 g/mol. The zero-order valence-corrected chi connectivity index (χ0v) is 16.0. The number of carbonyl (C=O) groups excluding carboxylic acids is 3. The van der Waals surface area contributed by atoms with Crippen LogP contribution in [-0.4, -0.2) is 40.5 Å². The summed E-state index contributed by atoms with van der Waals surface area (Å²) in [6, 6.07) is 1.41. The number of hydrogen-bond donors (Lipinski definition) is 0. The summed E-state index contributed by atoms with van der Waals surface area (Å²) in [4.78, 5) is 43.3. The number of carbonyl (C=O) groups is 3. The van der Waals surface area contributed by atoms with Crippen molar-refractivity contribution in [3.05, 3.63) is 33.5 Å². The third-order valence-corrected chi connectivity index (χ3v) is 5.01. The lowest BCUT2D eigenvalue weighted by Gasteiger charge is -2.26. The van der Waals surface area contributed by atoms with Gasteiger partial charge in [0.05, 0.1) is 16.3 Å². The fourth-order valence-corrected chi connectivity index (χ4v) is 3.57. The Labute approximate surface area is 165 Å². The molecule has 2 aliphatic carbocycles. The number of Topliss-reactive ketones (excluding diaryl/α,β-unsaturated/α-hetero) is 1. The summed E-state index contributed by atoms with van der Waals surface area (Å²) in [6.07, 6.45) is 0.914. The van der Waals surface area contributed by atoms with E-state index < -0.39 is 41.3 Å². The van der Waals surface area contributed by atoms with Crippen LogP contribution in [0.1, 0.15) is 39.5 Å². The molecular formula is C19H17ClFN3O4. The molecule has 0 fully saturated rings. The molecule has 0 N–H and O–H groups in total. The van der Waals surface area contributed by atoms with Crippen LogP contribution in [-0.2, 0) is 19.2 Å². The van der Waals surface area contributed by atoms with Gasteiger partial charge in [0.2, 0.25) is 0 Å². The third kappa shape index (κ3) is 3.27. The van der Waals surface area contributed by atoms with Gasteiger partial charge in [0.15, 0.2) is 6.17 Å². The summed E-state index contributed by atoms with van der Waals surface area (Å²) in [6.45, 7) is 3.31. The van der Waals surface area contributed by atoms with Crippen molar-refractivity contribution in [3.8, 4) is 6.07 Å². The van der Waals surface area contributed by atoms with Crippen LogP contribution in [0, 0.1) is 11.3 Å².